The quantitative estimate of drug-likeness (QED) is 0.708. The van der Waals surface area contributed by atoms with Crippen LogP contribution < -0.4 is 5.56 Å². The lowest BCUT2D eigenvalue weighted by Gasteiger charge is -2.21. The lowest BCUT2D eigenvalue weighted by molar-refractivity contribution is -0.132. The Labute approximate surface area is 172 Å². The average molecular weight is 413 g/mol. The Morgan fingerprint density at radius 2 is 2.14 bits per heavy atom. The van der Waals surface area contributed by atoms with E-state index in [-0.39, 0.29) is 37.6 Å². The largest absolute Gasteiger partial charge is 0.389 e. The van der Waals surface area contributed by atoms with Crippen LogP contribution >= 0.6 is 11.3 Å². The second-order valence-electron chi connectivity index (χ2n) is 7.26. The summed E-state index contributed by atoms with van der Waals surface area (Å²) in [7, 11) is 0. The summed E-state index contributed by atoms with van der Waals surface area (Å²) in [5, 5.41) is 12.4. The van der Waals surface area contributed by atoms with Gasteiger partial charge in [-0.05, 0) is 12.5 Å². The van der Waals surface area contributed by atoms with Gasteiger partial charge in [-0.2, -0.15) is 0 Å². The van der Waals surface area contributed by atoms with Crippen LogP contribution in [0.1, 0.15) is 12.0 Å². The van der Waals surface area contributed by atoms with E-state index in [4.69, 9.17) is 4.74 Å². The number of carbonyl (C=O) groups is 1. The highest BCUT2D eigenvalue weighted by Crippen LogP contribution is 2.30. The summed E-state index contributed by atoms with van der Waals surface area (Å²) in [6, 6.07) is 8.05. The highest BCUT2D eigenvalue weighted by atomic mass is 32.1. The molecule has 7 nitrogen and oxygen atoms in total. The van der Waals surface area contributed by atoms with Crippen molar-refractivity contribution < 1.29 is 14.6 Å². The fourth-order valence-corrected chi connectivity index (χ4v) is 4.37. The first-order valence-electron chi connectivity index (χ1n) is 9.60. The molecule has 1 aromatic carbocycles. The van der Waals surface area contributed by atoms with Gasteiger partial charge in [0.2, 0.25) is 5.91 Å². The van der Waals surface area contributed by atoms with E-state index in [0.717, 1.165) is 16.7 Å². The molecule has 1 aliphatic rings. The Kier molecular flexibility index (Phi) is 5.75. The maximum atomic E-state index is 13.1. The van der Waals surface area contributed by atoms with Gasteiger partial charge in [0.1, 0.15) is 4.83 Å². The Bertz CT molecular complexity index is 1070. The van der Waals surface area contributed by atoms with E-state index < -0.39 is 6.10 Å². The Morgan fingerprint density at radius 1 is 1.34 bits per heavy atom. The number of aliphatic hydroxyl groups excluding tert-OH is 1. The normalized spacial score (nSPS) is 17.4. The molecule has 0 saturated carbocycles. The van der Waals surface area contributed by atoms with Gasteiger partial charge in [-0.1, -0.05) is 29.8 Å². The van der Waals surface area contributed by atoms with Crippen LogP contribution in [0.2, 0.25) is 0 Å². The molecular formula is C21H23N3O4S. The zero-order valence-corrected chi connectivity index (χ0v) is 17.0. The third kappa shape index (κ3) is 4.24. The van der Waals surface area contributed by atoms with Crippen LogP contribution in [0.4, 0.5) is 0 Å². The average Bonchev–Trinajstić information content (AvgIpc) is 3.03. The van der Waals surface area contributed by atoms with E-state index in [0.29, 0.717) is 23.4 Å². The molecule has 1 unspecified atom stereocenters. The zero-order chi connectivity index (χ0) is 20.4. The van der Waals surface area contributed by atoms with Crippen LogP contribution in [0.3, 0.4) is 0 Å². The molecule has 3 aromatic rings. The van der Waals surface area contributed by atoms with Crippen LogP contribution in [0.5, 0.6) is 0 Å². The number of aromatic nitrogens is 2. The van der Waals surface area contributed by atoms with E-state index in [2.05, 4.69) is 4.98 Å². The smallest absolute Gasteiger partial charge is 0.262 e. The summed E-state index contributed by atoms with van der Waals surface area (Å²) in [6.07, 6.45) is 1.00. The van der Waals surface area contributed by atoms with Crippen LogP contribution in [0.25, 0.3) is 21.3 Å². The summed E-state index contributed by atoms with van der Waals surface area (Å²) >= 11 is 1.44. The van der Waals surface area contributed by atoms with Crippen molar-refractivity contribution in [2.75, 3.05) is 26.3 Å². The number of fused-ring (bicyclic) bond motifs is 1. The first-order chi connectivity index (χ1) is 14.0. The van der Waals surface area contributed by atoms with E-state index in [9.17, 15) is 14.7 Å². The molecule has 0 spiro atoms. The molecule has 0 aliphatic carbocycles. The van der Waals surface area contributed by atoms with Gasteiger partial charge >= 0.3 is 0 Å². The molecule has 1 fully saturated rings. The van der Waals surface area contributed by atoms with E-state index in [1.807, 2.05) is 36.6 Å². The molecule has 1 atom stereocenters. The van der Waals surface area contributed by atoms with E-state index in [1.165, 1.54) is 22.2 Å². The molecule has 0 radical (unpaired) electrons. The minimum Gasteiger partial charge on any atom is -0.389 e. The summed E-state index contributed by atoms with van der Waals surface area (Å²) in [4.78, 5) is 32.3. The molecule has 1 saturated heterocycles. The molecule has 29 heavy (non-hydrogen) atoms. The standard InChI is InChI=1S/C21H23N3O4S/c1-14-2-4-15(5-3-14)17-12-29-20-19(17)21(27)24(13-22-20)7-6-18(26)23-8-9-28-11-16(25)10-23/h2-5,12-13,16,25H,6-11H2,1H3. The van der Waals surface area contributed by atoms with Gasteiger partial charge in [-0.3, -0.25) is 14.2 Å². The second kappa shape index (κ2) is 8.44. The van der Waals surface area contributed by atoms with Crippen molar-refractivity contribution in [3.8, 4) is 11.1 Å². The lowest BCUT2D eigenvalue weighted by Crippen LogP contribution is -2.38. The summed E-state index contributed by atoms with van der Waals surface area (Å²) in [5.74, 6) is -0.106. The molecule has 0 bridgehead atoms. The minimum atomic E-state index is -0.676. The number of hydrogen-bond acceptors (Lipinski definition) is 6. The van der Waals surface area contributed by atoms with Gasteiger partial charge in [0.25, 0.3) is 5.56 Å². The molecule has 1 amide bonds. The third-order valence-electron chi connectivity index (χ3n) is 5.09. The number of benzene rings is 1. The van der Waals surface area contributed by atoms with E-state index >= 15 is 0 Å². The van der Waals surface area contributed by atoms with Crippen molar-refractivity contribution in [1.29, 1.82) is 0 Å². The van der Waals surface area contributed by atoms with Gasteiger partial charge in [-0.25, -0.2) is 4.98 Å². The maximum Gasteiger partial charge on any atom is 0.262 e. The molecular weight excluding hydrogens is 390 g/mol. The van der Waals surface area contributed by atoms with Crippen LogP contribution in [-0.2, 0) is 16.1 Å². The number of β-amino-alcohol motifs (C(OH)–C–C–N with tert-alkyl or cyclic N) is 1. The number of carbonyl (C=O) groups excluding carboxylic acids is 1. The molecule has 1 aliphatic heterocycles. The second-order valence-corrected chi connectivity index (χ2v) is 8.12. The van der Waals surface area contributed by atoms with Crippen molar-refractivity contribution >= 4 is 27.5 Å². The third-order valence-corrected chi connectivity index (χ3v) is 5.98. The van der Waals surface area contributed by atoms with Gasteiger partial charge < -0.3 is 14.7 Å². The molecule has 8 heteroatoms. The van der Waals surface area contributed by atoms with Crippen molar-refractivity contribution in [2.24, 2.45) is 0 Å². The highest BCUT2D eigenvalue weighted by molar-refractivity contribution is 7.17. The van der Waals surface area contributed by atoms with Crippen molar-refractivity contribution in [1.82, 2.24) is 14.5 Å². The van der Waals surface area contributed by atoms with Gasteiger partial charge in [0, 0.05) is 37.0 Å². The lowest BCUT2D eigenvalue weighted by atomic mass is 10.1. The monoisotopic (exact) mass is 413 g/mol. The first kappa shape index (κ1) is 19.8. The molecule has 3 heterocycles. The number of nitrogens with zero attached hydrogens (tertiary/aromatic N) is 3. The van der Waals surface area contributed by atoms with Crippen LogP contribution in [-0.4, -0.2) is 57.9 Å². The Morgan fingerprint density at radius 3 is 2.93 bits per heavy atom. The SMILES string of the molecule is Cc1ccc(-c2csc3ncn(CCC(=O)N4CCOCC(O)C4)c(=O)c23)cc1. The zero-order valence-electron chi connectivity index (χ0n) is 16.2. The maximum absolute atomic E-state index is 13.1. The minimum absolute atomic E-state index is 0.106. The predicted molar refractivity (Wildman–Crippen MR) is 112 cm³/mol. The predicted octanol–water partition coefficient (Wildman–Crippen LogP) is 2.04. The van der Waals surface area contributed by atoms with Crippen LogP contribution in [0.15, 0.2) is 40.8 Å². The molecule has 4 rings (SSSR count). The van der Waals surface area contributed by atoms with Gasteiger partial charge in [0.15, 0.2) is 0 Å². The Hall–Kier alpha value is -2.55. The fraction of sp³-hybridized carbons (Fsp3) is 0.381. The number of amides is 1. The van der Waals surface area contributed by atoms with Crippen molar-refractivity contribution in [3.05, 3.63) is 51.9 Å². The number of aliphatic hydroxyl groups is 1. The number of rotatable bonds is 4. The molecule has 2 aromatic heterocycles. The van der Waals surface area contributed by atoms with E-state index in [1.54, 1.807) is 4.90 Å². The topological polar surface area (TPSA) is 84.7 Å². The fourth-order valence-electron chi connectivity index (χ4n) is 3.47. The van der Waals surface area contributed by atoms with Crippen LogP contribution in [0, 0.1) is 6.92 Å². The van der Waals surface area contributed by atoms with Gasteiger partial charge in [-0.15, -0.1) is 11.3 Å². The van der Waals surface area contributed by atoms with Crippen molar-refractivity contribution in [3.63, 3.8) is 0 Å². The van der Waals surface area contributed by atoms with Crippen molar-refractivity contribution in [2.45, 2.75) is 26.0 Å². The molecule has 152 valence electrons. The molecule has 1 N–H and O–H groups in total. The first-order valence-corrected chi connectivity index (χ1v) is 10.5. The number of thiophene rings is 1. The highest BCUT2D eigenvalue weighted by Gasteiger charge is 2.21. The number of hydrogen-bond donors (Lipinski definition) is 1. The summed E-state index contributed by atoms with van der Waals surface area (Å²) < 4.78 is 6.76. The summed E-state index contributed by atoms with van der Waals surface area (Å²) in [5.41, 5.74) is 2.87. The number of aryl methyl sites for hydroxylation is 2. The Balaban J connectivity index is 1.56. The van der Waals surface area contributed by atoms with Gasteiger partial charge in [0.05, 0.1) is 31.0 Å². The number of ether oxygens (including phenoxy) is 1. The summed E-state index contributed by atoms with van der Waals surface area (Å²) in [6.45, 7) is 3.62.